The largest absolute Gasteiger partial charge is 0.353 e. The lowest BCUT2D eigenvalue weighted by molar-refractivity contribution is -0.130. The predicted octanol–water partition coefficient (Wildman–Crippen LogP) is 4.29. The molecule has 3 aromatic rings. The first kappa shape index (κ1) is 20.8. The van der Waals surface area contributed by atoms with E-state index < -0.39 is 0 Å². The van der Waals surface area contributed by atoms with Crippen LogP contribution in [0.3, 0.4) is 0 Å². The van der Waals surface area contributed by atoms with Crippen molar-refractivity contribution in [3.8, 4) is 0 Å². The van der Waals surface area contributed by atoms with E-state index in [1.54, 1.807) is 11.3 Å². The number of nitrogens with zero attached hydrogens (tertiary/aromatic N) is 4. The molecule has 0 atom stereocenters. The molecule has 1 aliphatic heterocycles. The minimum Gasteiger partial charge on any atom is -0.353 e. The predicted molar refractivity (Wildman–Crippen MR) is 123 cm³/mol. The number of carbonyl (C=O) groups is 1. The third-order valence-electron chi connectivity index (χ3n) is 5.44. The van der Waals surface area contributed by atoms with Gasteiger partial charge >= 0.3 is 0 Å². The standard InChI is InChI=1S/C23H25ClN4OS/c1-16-21(14-18-5-7-19(24)8-6-18)23(26-17(2)25-16)28-11-9-27(10-12-28)22(29)15-20-4-3-13-30-20/h3-8,13H,9-12,14-15H2,1-2H3. The normalized spacial score (nSPS) is 14.2. The molecule has 0 radical (unpaired) electrons. The Kier molecular flexibility index (Phi) is 6.35. The number of halogens is 1. The molecule has 5 nitrogen and oxygen atoms in total. The lowest BCUT2D eigenvalue weighted by atomic mass is 10.0. The number of aryl methyl sites for hydroxylation is 2. The number of piperazine rings is 1. The van der Waals surface area contributed by atoms with Gasteiger partial charge in [-0.05, 0) is 43.0 Å². The number of hydrogen-bond acceptors (Lipinski definition) is 5. The zero-order chi connectivity index (χ0) is 21.1. The number of rotatable bonds is 5. The lowest BCUT2D eigenvalue weighted by Gasteiger charge is -2.36. The Bertz CT molecular complexity index is 1010. The Morgan fingerprint density at radius 2 is 1.80 bits per heavy atom. The Hall–Kier alpha value is -2.44. The van der Waals surface area contributed by atoms with Crippen LogP contribution in [0.5, 0.6) is 0 Å². The fourth-order valence-corrected chi connectivity index (χ4v) is 4.66. The van der Waals surface area contributed by atoms with Crippen molar-refractivity contribution >= 4 is 34.7 Å². The van der Waals surface area contributed by atoms with E-state index in [1.807, 2.05) is 60.5 Å². The molecular formula is C23H25ClN4OS. The van der Waals surface area contributed by atoms with E-state index in [0.29, 0.717) is 19.5 Å². The molecule has 2 aromatic heterocycles. The molecule has 1 fully saturated rings. The molecule has 0 unspecified atom stereocenters. The number of aromatic nitrogens is 2. The van der Waals surface area contributed by atoms with E-state index in [9.17, 15) is 4.79 Å². The summed E-state index contributed by atoms with van der Waals surface area (Å²) in [4.78, 5) is 27.4. The van der Waals surface area contributed by atoms with E-state index in [2.05, 4.69) is 9.88 Å². The highest BCUT2D eigenvalue weighted by atomic mass is 35.5. The number of carbonyl (C=O) groups excluding carboxylic acids is 1. The molecule has 7 heteroatoms. The summed E-state index contributed by atoms with van der Waals surface area (Å²) in [5.74, 6) is 1.97. The highest BCUT2D eigenvalue weighted by Gasteiger charge is 2.25. The average Bonchev–Trinajstić information content (AvgIpc) is 3.24. The van der Waals surface area contributed by atoms with Crippen molar-refractivity contribution < 1.29 is 4.79 Å². The second-order valence-electron chi connectivity index (χ2n) is 7.59. The van der Waals surface area contributed by atoms with Crippen molar-refractivity contribution in [2.45, 2.75) is 26.7 Å². The van der Waals surface area contributed by atoms with Gasteiger partial charge in [-0.1, -0.05) is 29.8 Å². The lowest BCUT2D eigenvalue weighted by Crippen LogP contribution is -2.49. The van der Waals surface area contributed by atoms with Crippen LogP contribution in [0.25, 0.3) is 0 Å². The summed E-state index contributed by atoms with van der Waals surface area (Å²) in [6.45, 7) is 6.96. The SMILES string of the molecule is Cc1nc(C)c(Cc2ccc(Cl)cc2)c(N2CCN(C(=O)Cc3cccs3)CC2)n1. The number of benzene rings is 1. The molecule has 0 spiro atoms. The Balaban J connectivity index is 1.48. The Morgan fingerprint density at radius 1 is 1.07 bits per heavy atom. The first-order valence-electron chi connectivity index (χ1n) is 10.1. The van der Waals surface area contributed by atoms with E-state index >= 15 is 0 Å². The van der Waals surface area contributed by atoms with Crippen LogP contribution in [0.2, 0.25) is 5.02 Å². The van der Waals surface area contributed by atoms with Crippen molar-refractivity contribution in [2.75, 3.05) is 31.1 Å². The second-order valence-corrected chi connectivity index (χ2v) is 9.05. The van der Waals surface area contributed by atoms with Crippen LogP contribution in [0.4, 0.5) is 5.82 Å². The van der Waals surface area contributed by atoms with Gasteiger partial charge < -0.3 is 9.80 Å². The fourth-order valence-electron chi connectivity index (χ4n) is 3.83. The third-order valence-corrected chi connectivity index (χ3v) is 6.56. The number of thiophene rings is 1. The van der Waals surface area contributed by atoms with Crippen LogP contribution in [0.1, 0.15) is 27.5 Å². The average molecular weight is 441 g/mol. The van der Waals surface area contributed by atoms with Gasteiger partial charge in [-0.25, -0.2) is 9.97 Å². The molecule has 156 valence electrons. The van der Waals surface area contributed by atoms with Crippen molar-refractivity contribution in [3.05, 3.63) is 74.3 Å². The molecule has 0 N–H and O–H groups in total. The van der Waals surface area contributed by atoms with Gasteiger partial charge in [0.15, 0.2) is 0 Å². The smallest absolute Gasteiger partial charge is 0.227 e. The highest BCUT2D eigenvalue weighted by Crippen LogP contribution is 2.26. The summed E-state index contributed by atoms with van der Waals surface area (Å²) >= 11 is 7.68. The molecule has 1 amide bonds. The van der Waals surface area contributed by atoms with Crippen LogP contribution in [0.15, 0.2) is 41.8 Å². The van der Waals surface area contributed by atoms with Gasteiger partial charge in [0.1, 0.15) is 11.6 Å². The second kappa shape index (κ2) is 9.14. The monoisotopic (exact) mass is 440 g/mol. The summed E-state index contributed by atoms with van der Waals surface area (Å²) in [5, 5.41) is 2.75. The minimum absolute atomic E-state index is 0.202. The maximum atomic E-state index is 12.6. The summed E-state index contributed by atoms with van der Waals surface area (Å²) in [6.07, 6.45) is 1.25. The minimum atomic E-state index is 0.202. The van der Waals surface area contributed by atoms with Crippen molar-refractivity contribution in [3.63, 3.8) is 0 Å². The summed E-state index contributed by atoms with van der Waals surface area (Å²) in [7, 11) is 0. The number of anilines is 1. The quantitative estimate of drug-likeness (QED) is 0.593. The van der Waals surface area contributed by atoms with Crippen molar-refractivity contribution in [1.82, 2.24) is 14.9 Å². The van der Waals surface area contributed by atoms with Crippen LogP contribution >= 0.6 is 22.9 Å². The molecular weight excluding hydrogens is 416 g/mol. The number of amides is 1. The zero-order valence-corrected chi connectivity index (χ0v) is 18.8. The van der Waals surface area contributed by atoms with Gasteiger partial charge in [0.05, 0.1) is 6.42 Å². The third kappa shape index (κ3) is 4.82. The summed E-state index contributed by atoms with van der Waals surface area (Å²) < 4.78 is 0. The maximum absolute atomic E-state index is 12.6. The van der Waals surface area contributed by atoms with Crippen LogP contribution in [-0.4, -0.2) is 47.0 Å². The van der Waals surface area contributed by atoms with Crippen molar-refractivity contribution in [2.24, 2.45) is 0 Å². The summed E-state index contributed by atoms with van der Waals surface area (Å²) in [6, 6.07) is 11.9. The molecule has 30 heavy (non-hydrogen) atoms. The van der Waals surface area contributed by atoms with Gasteiger partial charge in [0, 0.05) is 53.8 Å². The maximum Gasteiger partial charge on any atom is 0.227 e. The van der Waals surface area contributed by atoms with E-state index in [1.165, 1.54) is 5.56 Å². The molecule has 0 saturated carbocycles. The van der Waals surface area contributed by atoms with Crippen LogP contribution in [-0.2, 0) is 17.6 Å². The van der Waals surface area contributed by atoms with Crippen LogP contribution in [0, 0.1) is 13.8 Å². The van der Waals surface area contributed by atoms with Crippen LogP contribution < -0.4 is 4.90 Å². The molecule has 1 aromatic carbocycles. The van der Waals surface area contributed by atoms with E-state index in [0.717, 1.165) is 52.3 Å². The first-order chi connectivity index (χ1) is 14.5. The fraction of sp³-hybridized carbons (Fsp3) is 0.348. The van der Waals surface area contributed by atoms with E-state index in [4.69, 9.17) is 16.6 Å². The van der Waals surface area contributed by atoms with Gasteiger partial charge in [-0.2, -0.15) is 0 Å². The molecule has 4 rings (SSSR count). The van der Waals surface area contributed by atoms with Gasteiger partial charge in [0.25, 0.3) is 0 Å². The molecule has 3 heterocycles. The van der Waals surface area contributed by atoms with Gasteiger partial charge in [-0.15, -0.1) is 11.3 Å². The van der Waals surface area contributed by atoms with Crippen molar-refractivity contribution in [1.29, 1.82) is 0 Å². The number of hydrogen-bond donors (Lipinski definition) is 0. The molecule has 1 aliphatic rings. The zero-order valence-electron chi connectivity index (χ0n) is 17.3. The molecule has 0 aliphatic carbocycles. The Morgan fingerprint density at radius 3 is 2.47 bits per heavy atom. The topological polar surface area (TPSA) is 49.3 Å². The summed E-state index contributed by atoms with van der Waals surface area (Å²) in [5.41, 5.74) is 3.32. The molecule has 0 bridgehead atoms. The van der Waals surface area contributed by atoms with Gasteiger partial charge in [0.2, 0.25) is 5.91 Å². The first-order valence-corrected chi connectivity index (χ1v) is 11.4. The molecule has 1 saturated heterocycles. The highest BCUT2D eigenvalue weighted by molar-refractivity contribution is 7.10. The van der Waals surface area contributed by atoms with Gasteiger partial charge in [-0.3, -0.25) is 4.79 Å². The Labute approximate surface area is 186 Å². The van der Waals surface area contributed by atoms with E-state index in [-0.39, 0.29) is 5.91 Å².